The normalized spacial score (nSPS) is 12.5. The largest absolute Gasteiger partial charge is 0.438 e. The summed E-state index contributed by atoms with van der Waals surface area (Å²) >= 11 is 0. The van der Waals surface area contributed by atoms with E-state index in [1.165, 1.54) is 16.9 Å². The molecular weight excluding hydrogens is 558 g/mol. The second kappa shape index (κ2) is 12.2. The smallest absolute Gasteiger partial charge is 0.332 e. The average Bonchev–Trinajstić information content (AvgIpc) is 3.43. The van der Waals surface area contributed by atoms with E-state index >= 15 is 0 Å². The van der Waals surface area contributed by atoms with Crippen LogP contribution in [-0.2, 0) is 28.9 Å². The van der Waals surface area contributed by atoms with E-state index in [1.54, 1.807) is 60.2 Å². The molecule has 5 aromatic rings. The topological polar surface area (TPSA) is 142 Å². The standard InChI is InChI=1S/C29H29N7O5S/c1-19-4-6-21(7-5-19)18-34-25(16-27(37)35(29(34)39)17-20(2)28(38)33-42(3)40)31-22-8-10-23(11-9-22)41-26-13-12-24-30-14-15-36(24)32-26/h4-16,20,31H,17-18H2,1-3H3,(H,33,38)/t20-,42?/m0/s1. The lowest BCUT2D eigenvalue weighted by atomic mass is 10.1. The van der Waals surface area contributed by atoms with E-state index in [2.05, 4.69) is 20.1 Å². The van der Waals surface area contributed by atoms with Gasteiger partial charge in [-0.05, 0) is 42.8 Å². The second-order valence-electron chi connectivity index (χ2n) is 9.81. The molecule has 5 rings (SSSR count). The molecule has 0 bridgehead atoms. The van der Waals surface area contributed by atoms with Crippen molar-refractivity contribution in [2.45, 2.75) is 26.9 Å². The molecule has 0 fully saturated rings. The fraction of sp³-hybridized carbons (Fsp3) is 0.207. The van der Waals surface area contributed by atoms with Crippen molar-refractivity contribution in [2.75, 3.05) is 11.6 Å². The van der Waals surface area contributed by atoms with E-state index < -0.39 is 34.1 Å². The number of carbonyl (C=O) groups excluding carboxylic acids is 1. The molecule has 0 spiro atoms. The number of nitrogens with zero attached hydrogens (tertiary/aromatic N) is 5. The first kappa shape index (κ1) is 28.5. The van der Waals surface area contributed by atoms with E-state index in [4.69, 9.17) is 4.74 Å². The number of amides is 1. The van der Waals surface area contributed by atoms with E-state index in [0.29, 0.717) is 23.0 Å². The van der Waals surface area contributed by atoms with Crippen LogP contribution in [0.5, 0.6) is 11.6 Å². The van der Waals surface area contributed by atoms with Crippen molar-refractivity contribution in [1.29, 1.82) is 0 Å². The fourth-order valence-electron chi connectivity index (χ4n) is 4.24. The highest BCUT2D eigenvalue weighted by atomic mass is 32.2. The van der Waals surface area contributed by atoms with Crippen LogP contribution in [0.1, 0.15) is 18.1 Å². The first-order valence-electron chi connectivity index (χ1n) is 13.1. The highest BCUT2D eigenvalue weighted by Gasteiger charge is 2.19. The SMILES string of the molecule is Cc1ccc(Cn2c(Nc3ccc(Oc4ccc5nccn5n4)cc3)cc(=O)n(C[C@H](C)C(=O)NS(C)=O)c2=O)cc1. The summed E-state index contributed by atoms with van der Waals surface area (Å²) in [5.74, 6) is -0.0566. The quantitative estimate of drug-likeness (QED) is 0.254. The number of aryl methyl sites for hydroxylation is 1. The van der Waals surface area contributed by atoms with Gasteiger partial charge in [0.05, 0.1) is 12.5 Å². The molecule has 2 atom stereocenters. The van der Waals surface area contributed by atoms with Gasteiger partial charge in [0.15, 0.2) is 5.65 Å². The van der Waals surface area contributed by atoms with E-state index in [9.17, 15) is 18.6 Å². The maximum absolute atomic E-state index is 13.6. The van der Waals surface area contributed by atoms with E-state index in [-0.39, 0.29) is 18.9 Å². The van der Waals surface area contributed by atoms with Crippen molar-refractivity contribution in [3.63, 3.8) is 0 Å². The Labute approximate surface area is 243 Å². The van der Waals surface area contributed by atoms with Crippen LogP contribution in [0, 0.1) is 12.8 Å². The van der Waals surface area contributed by atoms with Gasteiger partial charge in [-0.1, -0.05) is 36.8 Å². The molecule has 0 aliphatic carbocycles. The minimum atomic E-state index is -1.56. The summed E-state index contributed by atoms with van der Waals surface area (Å²) in [4.78, 5) is 43.2. The highest BCUT2D eigenvalue weighted by Crippen LogP contribution is 2.23. The molecule has 2 N–H and O–H groups in total. The third-order valence-corrected chi connectivity index (χ3v) is 6.96. The summed E-state index contributed by atoms with van der Waals surface area (Å²) in [7, 11) is -1.56. The first-order valence-corrected chi connectivity index (χ1v) is 14.6. The summed E-state index contributed by atoms with van der Waals surface area (Å²) in [6.45, 7) is 3.56. The number of hydrogen-bond donors (Lipinski definition) is 2. The molecule has 3 heterocycles. The number of imidazole rings is 1. The van der Waals surface area contributed by atoms with Crippen LogP contribution < -0.4 is 26.0 Å². The van der Waals surface area contributed by atoms with Crippen molar-refractivity contribution in [3.05, 3.63) is 111 Å². The molecule has 1 unspecified atom stereocenters. The third kappa shape index (κ3) is 6.63. The Morgan fingerprint density at radius 1 is 1.02 bits per heavy atom. The van der Waals surface area contributed by atoms with Gasteiger partial charge in [-0.3, -0.25) is 23.4 Å². The Kier molecular flexibility index (Phi) is 8.29. The van der Waals surface area contributed by atoms with E-state index in [0.717, 1.165) is 15.7 Å². The van der Waals surface area contributed by atoms with Crippen molar-refractivity contribution in [1.82, 2.24) is 28.5 Å². The number of benzene rings is 2. The Balaban J connectivity index is 1.42. The Morgan fingerprint density at radius 3 is 2.48 bits per heavy atom. The third-order valence-electron chi connectivity index (χ3n) is 6.47. The maximum atomic E-state index is 13.6. The van der Waals surface area contributed by atoms with Gasteiger partial charge >= 0.3 is 5.69 Å². The van der Waals surface area contributed by atoms with Crippen LogP contribution in [0.4, 0.5) is 11.5 Å². The molecular formula is C29H29N7O5S. The number of aromatic nitrogens is 5. The first-order chi connectivity index (χ1) is 20.2. The van der Waals surface area contributed by atoms with E-state index in [1.807, 2.05) is 31.2 Å². The number of ether oxygens (including phenoxy) is 1. The van der Waals surface area contributed by atoms with Crippen molar-refractivity contribution in [2.24, 2.45) is 5.92 Å². The molecule has 0 aliphatic rings. The predicted molar refractivity (Wildman–Crippen MR) is 159 cm³/mol. The second-order valence-corrected chi connectivity index (χ2v) is 10.9. The zero-order valence-electron chi connectivity index (χ0n) is 23.2. The molecule has 0 aliphatic heterocycles. The molecule has 3 aromatic heterocycles. The lowest BCUT2D eigenvalue weighted by molar-refractivity contribution is -0.123. The van der Waals surface area contributed by atoms with Crippen molar-refractivity contribution < 1.29 is 13.7 Å². The van der Waals surface area contributed by atoms with Gasteiger partial charge in [0.25, 0.3) is 5.56 Å². The van der Waals surface area contributed by atoms with Gasteiger partial charge < -0.3 is 10.1 Å². The number of fused-ring (bicyclic) bond motifs is 1. The summed E-state index contributed by atoms with van der Waals surface area (Å²) in [5, 5.41) is 7.53. The molecule has 12 nitrogen and oxygen atoms in total. The minimum absolute atomic E-state index is 0.167. The van der Waals surface area contributed by atoms with Crippen LogP contribution in [0.25, 0.3) is 5.65 Å². The minimum Gasteiger partial charge on any atom is -0.438 e. The Bertz CT molecular complexity index is 1880. The van der Waals surface area contributed by atoms with Crippen LogP contribution >= 0.6 is 0 Å². The molecule has 2 aromatic carbocycles. The molecule has 1 amide bonds. The Morgan fingerprint density at radius 2 is 1.76 bits per heavy atom. The zero-order chi connectivity index (χ0) is 29.8. The summed E-state index contributed by atoms with van der Waals surface area (Å²) in [6.07, 6.45) is 4.71. The highest BCUT2D eigenvalue weighted by molar-refractivity contribution is 7.82. The fourth-order valence-corrected chi connectivity index (χ4v) is 4.73. The predicted octanol–water partition coefficient (Wildman–Crippen LogP) is 2.99. The number of carbonyl (C=O) groups is 1. The average molecular weight is 588 g/mol. The van der Waals surface area contributed by atoms with Gasteiger partial charge in [-0.25, -0.2) is 18.5 Å². The molecule has 13 heteroatoms. The molecule has 0 saturated heterocycles. The molecule has 0 saturated carbocycles. The van der Waals surface area contributed by atoms with Gasteiger partial charge in [0.1, 0.15) is 22.6 Å². The van der Waals surface area contributed by atoms with Crippen molar-refractivity contribution in [3.8, 4) is 11.6 Å². The molecule has 0 radical (unpaired) electrons. The summed E-state index contributed by atoms with van der Waals surface area (Å²) < 4.78 is 23.7. The number of rotatable bonds is 10. The zero-order valence-corrected chi connectivity index (χ0v) is 24.0. The van der Waals surface area contributed by atoms with Crippen LogP contribution in [0.3, 0.4) is 0 Å². The van der Waals surface area contributed by atoms with Gasteiger partial charge in [-0.15, -0.1) is 5.10 Å². The lowest BCUT2D eigenvalue weighted by Crippen LogP contribution is -2.44. The van der Waals surface area contributed by atoms with Gasteiger partial charge in [0, 0.05) is 43.0 Å². The molecule has 42 heavy (non-hydrogen) atoms. The monoisotopic (exact) mass is 587 g/mol. The molecule has 216 valence electrons. The Hall–Kier alpha value is -5.04. The summed E-state index contributed by atoms with van der Waals surface area (Å²) in [5.41, 5.74) is 2.10. The van der Waals surface area contributed by atoms with Crippen molar-refractivity contribution >= 4 is 34.0 Å². The van der Waals surface area contributed by atoms with Crippen LogP contribution in [-0.4, -0.2) is 40.1 Å². The number of hydrogen-bond acceptors (Lipinski definition) is 8. The van der Waals surface area contributed by atoms with Crippen LogP contribution in [0.2, 0.25) is 0 Å². The summed E-state index contributed by atoms with van der Waals surface area (Å²) in [6, 6.07) is 19.6. The van der Waals surface area contributed by atoms with Gasteiger partial charge in [0.2, 0.25) is 11.8 Å². The lowest BCUT2D eigenvalue weighted by Gasteiger charge is -2.18. The van der Waals surface area contributed by atoms with Crippen LogP contribution in [0.15, 0.2) is 88.7 Å². The number of anilines is 2. The number of nitrogens with one attached hydrogen (secondary N) is 2. The maximum Gasteiger partial charge on any atom is 0.332 e. The van der Waals surface area contributed by atoms with Gasteiger partial charge in [-0.2, -0.15) is 0 Å².